The fourth-order valence-electron chi connectivity index (χ4n) is 2.12. The summed E-state index contributed by atoms with van der Waals surface area (Å²) in [7, 11) is -3.89. The van der Waals surface area contributed by atoms with Crippen LogP contribution in [0.1, 0.15) is 12.0 Å². The van der Waals surface area contributed by atoms with Crippen LogP contribution < -0.4 is 0 Å². The van der Waals surface area contributed by atoms with Crippen LogP contribution in [0, 0.1) is 5.92 Å². The van der Waals surface area contributed by atoms with E-state index < -0.39 is 21.8 Å². The zero-order chi connectivity index (χ0) is 15.0. The number of benzene rings is 1. The molecule has 0 saturated carbocycles. The maximum absolute atomic E-state index is 12.6. The molecule has 1 saturated heterocycles. The lowest BCUT2D eigenvalue weighted by atomic mass is 10.2. The quantitative estimate of drug-likeness (QED) is 0.800. The summed E-state index contributed by atoms with van der Waals surface area (Å²) >= 11 is 5.68. The summed E-state index contributed by atoms with van der Waals surface area (Å²) < 4.78 is 63.6. The lowest BCUT2D eigenvalue weighted by Gasteiger charge is -2.17. The highest BCUT2D eigenvalue weighted by molar-refractivity contribution is 7.89. The van der Waals surface area contributed by atoms with Crippen molar-refractivity contribution in [3.05, 3.63) is 29.8 Å². The fourth-order valence-corrected chi connectivity index (χ4v) is 3.95. The van der Waals surface area contributed by atoms with Crippen molar-refractivity contribution < 1.29 is 21.6 Å². The van der Waals surface area contributed by atoms with E-state index in [4.69, 9.17) is 11.6 Å². The summed E-state index contributed by atoms with van der Waals surface area (Å²) in [5.74, 6) is 0.395. The lowest BCUT2D eigenvalue weighted by Crippen LogP contribution is -2.29. The van der Waals surface area contributed by atoms with Crippen LogP contribution in [-0.2, 0) is 16.2 Å². The maximum atomic E-state index is 12.6. The summed E-state index contributed by atoms with van der Waals surface area (Å²) in [6, 6.07) is 3.80. The van der Waals surface area contributed by atoms with Crippen LogP contribution in [0.5, 0.6) is 0 Å². The normalized spacial score (nSPS) is 21.3. The van der Waals surface area contributed by atoms with Crippen LogP contribution in [0.4, 0.5) is 13.2 Å². The topological polar surface area (TPSA) is 37.4 Å². The molecule has 1 heterocycles. The molecule has 1 aromatic rings. The lowest BCUT2D eigenvalue weighted by molar-refractivity contribution is -0.137. The first kappa shape index (κ1) is 15.6. The first-order valence-corrected chi connectivity index (χ1v) is 7.96. The van der Waals surface area contributed by atoms with Crippen molar-refractivity contribution >= 4 is 21.6 Å². The Morgan fingerprint density at radius 1 is 1.35 bits per heavy atom. The van der Waals surface area contributed by atoms with Gasteiger partial charge in [0.15, 0.2) is 0 Å². The van der Waals surface area contributed by atoms with E-state index >= 15 is 0 Å². The molecule has 2 rings (SSSR count). The molecule has 0 amide bonds. The molecular weight excluding hydrogens is 315 g/mol. The molecule has 1 aliphatic rings. The summed E-state index contributed by atoms with van der Waals surface area (Å²) in [6.07, 6.45) is -3.93. The average molecular weight is 328 g/mol. The van der Waals surface area contributed by atoms with Crippen LogP contribution >= 0.6 is 11.6 Å². The zero-order valence-electron chi connectivity index (χ0n) is 10.4. The van der Waals surface area contributed by atoms with E-state index in [0.29, 0.717) is 18.4 Å². The number of halogens is 4. The summed E-state index contributed by atoms with van der Waals surface area (Å²) in [5.41, 5.74) is -0.966. The molecule has 1 aliphatic heterocycles. The van der Waals surface area contributed by atoms with Crippen LogP contribution in [-0.4, -0.2) is 31.7 Å². The summed E-state index contributed by atoms with van der Waals surface area (Å²) in [4.78, 5) is -0.331. The molecule has 0 aromatic heterocycles. The molecule has 1 unspecified atom stereocenters. The van der Waals surface area contributed by atoms with Crippen molar-refractivity contribution in [2.45, 2.75) is 17.5 Å². The number of sulfonamides is 1. The highest BCUT2D eigenvalue weighted by Crippen LogP contribution is 2.32. The molecule has 1 atom stereocenters. The first-order valence-electron chi connectivity index (χ1n) is 5.98. The second kappa shape index (κ2) is 5.54. The van der Waals surface area contributed by atoms with Gasteiger partial charge in [0.25, 0.3) is 0 Å². The summed E-state index contributed by atoms with van der Waals surface area (Å²) in [6.45, 7) is 0.540. The van der Waals surface area contributed by atoms with Crippen LogP contribution in [0.15, 0.2) is 29.2 Å². The molecule has 0 radical (unpaired) electrons. The Kier molecular flexibility index (Phi) is 4.32. The van der Waals surface area contributed by atoms with E-state index in [1.807, 2.05) is 0 Å². The van der Waals surface area contributed by atoms with Gasteiger partial charge in [-0.25, -0.2) is 8.42 Å². The molecule has 0 N–H and O–H groups in total. The van der Waals surface area contributed by atoms with Crippen LogP contribution in [0.3, 0.4) is 0 Å². The summed E-state index contributed by atoms with van der Waals surface area (Å²) in [5, 5.41) is 0. The third-order valence-corrected chi connectivity index (χ3v) is 5.56. The highest BCUT2D eigenvalue weighted by Gasteiger charge is 2.35. The Hall–Kier alpha value is -0.790. The number of hydrogen-bond donors (Lipinski definition) is 0. The number of rotatable bonds is 3. The van der Waals surface area contributed by atoms with Crippen LogP contribution in [0.25, 0.3) is 0 Å². The fraction of sp³-hybridized carbons (Fsp3) is 0.500. The van der Waals surface area contributed by atoms with Gasteiger partial charge >= 0.3 is 6.18 Å². The van der Waals surface area contributed by atoms with E-state index in [9.17, 15) is 21.6 Å². The molecule has 8 heteroatoms. The standard InChI is InChI=1S/C12H13ClF3NO2S/c13-7-9-4-5-17(8-9)20(18,19)11-3-1-2-10(6-11)12(14,15)16/h1-3,6,9H,4-5,7-8H2. The Labute approximate surface area is 120 Å². The Bertz CT molecular complexity index is 589. The number of alkyl halides is 4. The second-order valence-electron chi connectivity index (χ2n) is 4.70. The molecule has 20 heavy (non-hydrogen) atoms. The third kappa shape index (κ3) is 3.10. The van der Waals surface area contributed by atoms with Gasteiger partial charge in [-0.3, -0.25) is 0 Å². The van der Waals surface area contributed by atoms with E-state index in [2.05, 4.69) is 0 Å². The van der Waals surface area contributed by atoms with Crippen molar-refractivity contribution in [1.82, 2.24) is 4.31 Å². The number of hydrogen-bond acceptors (Lipinski definition) is 2. The predicted molar refractivity (Wildman–Crippen MR) is 69.0 cm³/mol. The highest BCUT2D eigenvalue weighted by atomic mass is 35.5. The van der Waals surface area contributed by atoms with E-state index in [-0.39, 0.29) is 23.9 Å². The average Bonchev–Trinajstić information content (AvgIpc) is 2.87. The molecule has 1 aromatic carbocycles. The van der Waals surface area contributed by atoms with Gasteiger partial charge in [0.05, 0.1) is 10.5 Å². The molecule has 0 spiro atoms. The third-order valence-electron chi connectivity index (χ3n) is 3.27. The molecule has 0 aliphatic carbocycles. The molecule has 1 fully saturated rings. The van der Waals surface area contributed by atoms with Gasteiger partial charge in [0.1, 0.15) is 0 Å². The van der Waals surface area contributed by atoms with Gasteiger partial charge in [-0.05, 0) is 30.5 Å². The van der Waals surface area contributed by atoms with E-state index in [0.717, 1.165) is 12.1 Å². The minimum atomic E-state index is -4.56. The van der Waals surface area contributed by atoms with Gasteiger partial charge in [-0.1, -0.05) is 6.07 Å². The Morgan fingerprint density at radius 3 is 2.60 bits per heavy atom. The van der Waals surface area contributed by atoms with Crippen molar-refractivity contribution in [1.29, 1.82) is 0 Å². The number of nitrogens with zero attached hydrogens (tertiary/aromatic N) is 1. The van der Waals surface area contributed by atoms with Gasteiger partial charge in [0, 0.05) is 19.0 Å². The van der Waals surface area contributed by atoms with Crippen molar-refractivity contribution in [3.8, 4) is 0 Å². The maximum Gasteiger partial charge on any atom is 0.416 e. The van der Waals surface area contributed by atoms with Gasteiger partial charge in [0.2, 0.25) is 10.0 Å². The van der Waals surface area contributed by atoms with Crippen molar-refractivity contribution in [2.75, 3.05) is 19.0 Å². The minimum absolute atomic E-state index is 0.0530. The molecule has 3 nitrogen and oxygen atoms in total. The smallest absolute Gasteiger partial charge is 0.207 e. The predicted octanol–water partition coefficient (Wildman–Crippen LogP) is 2.95. The Morgan fingerprint density at radius 2 is 2.05 bits per heavy atom. The van der Waals surface area contributed by atoms with Gasteiger partial charge in [-0.2, -0.15) is 17.5 Å². The minimum Gasteiger partial charge on any atom is -0.207 e. The van der Waals surface area contributed by atoms with Gasteiger partial charge in [-0.15, -0.1) is 11.6 Å². The van der Waals surface area contributed by atoms with Crippen molar-refractivity contribution in [3.63, 3.8) is 0 Å². The Balaban J connectivity index is 2.31. The largest absolute Gasteiger partial charge is 0.416 e. The second-order valence-corrected chi connectivity index (χ2v) is 6.94. The van der Waals surface area contributed by atoms with E-state index in [1.165, 1.54) is 10.4 Å². The molecule has 0 bridgehead atoms. The first-order chi connectivity index (χ1) is 9.25. The van der Waals surface area contributed by atoms with E-state index in [1.54, 1.807) is 0 Å². The monoisotopic (exact) mass is 327 g/mol. The molecular formula is C12H13ClF3NO2S. The van der Waals surface area contributed by atoms with Gasteiger partial charge < -0.3 is 0 Å². The molecule has 112 valence electrons. The zero-order valence-corrected chi connectivity index (χ0v) is 12.0. The SMILES string of the molecule is O=S(=O)(c1cccc(C(F)(F)F)c1)N1CCC(CCl)C1. The van der Waals surface area contributed by atoms with Crippen LogP contribution in [0.2, 0.25) is 0 Å². The van der Waals surface area contributed by atoms with Crippen molar-refractivity contribution in [2.24, 2.45) is 5.92 Å².